The molecule has 1 aromatic heterocycles. The predicted octanol–water partition coefficient (Wildman–Crippen LogP) is 1.03. The zero-order valence-electron chi connectivity index (χ0n) is 16.7. The van der Waals surface area contributed by atoms with Crippen molar-refractivity contribution in [2.24, 2.45) is 5.92 Å². The summed E-state index contributed by atoms with van der Waals surface area (Å²) in [5, 5.41) is 17.9. The maximum Gasteiger partial charge on any atom is 0.250 e. The average molecular weight is 406 g/mol. The van der Waals surface area contributed by atoms with Gasteiger partial charge in [-0.05, 0) is 46.5 Å². The maximum absolute atomic E-state index is 13.4. The molecule has 4 atom stereocenters. The molecule has 28 heavy (non-hydrogen) atoms. The second-order valence-corrected chi connectivity index (χ2v) is 11.2. The van der Waals surface area contributed by atoms with Crippen molar-refractivity contribution in [3.8, 4) is 0 Å². The lowest BCUT2D eigenvalue weighted by Gasteiger charge is -2.50. The third-order valence-electron chi connectivity index (χ3n) is 6.78. The predicted molar refractivity (Wildman–Crippen MR) is 103 cm³/mol. The molecule has 1 saturated carbocycles. The summed E-state index contributed by atoms with van der Waals surface area (Å²) in [5.74, 6) is 0.966. The van der Waals surface area contributed by atoms with Gasteiger partial charge in [0.1, 0.15) is 17.5 Å². The van der Waals surface area contributed by atoms with E-state index in [1.54, 1.807) is 11.8 Å². The number of hydrogen-bond acceptors (Lipinski definition) is 7. The summed E-state index contributed by atoms with van der Waals surface area (Å²) in [7, 11) is 0. The van der Waals surface area contributed by atoms with Gasteiger partial charge in [0.05, 0.1) is 11.7 Å². The number of fused-ring (bicyclic) bond motifs is 1. The number of β-lactam (4-membered cyclic amide) rings is 1. The first-order chi connectivity index (χ1) is 13.2. The van der Waals surface area contributed by atoms with Crippen LogP contribution in [0.4, 0.5) is 0 Å². The van der Waals surface area contributed by atoms with Gasteiger partial charge >= 0.3 is 0 Å². The fourth-order valence-electron chi connectivity index (χ4n) is 5.57. The van der Waals surface area contributed by atoms with E-state index in [2.05, 4.69) is 39.8 Å². The molecule has 2 amide bonds. The highest BCUT2D eigenvalue weighted by Gasteiger charge is 2.68. The fourth-order valence-corrected chi connectivity index (χ4v) is 7.24. The highest BCUT2D eigenvalue weighted by molar-refractivity contribution is 8.01. The van der Waals surface area contributed by atoms with Gasteiger partial charge in [0.25, 0.3) is 0 Å². The van der Waals surface area contributed by atoms with Crippen molar-refractivity contribution in [2.75, 3.05) is 0 Å². The van der Waals surface area contributed by atoms with E-state index in [-0.39, 0.29) is 34.0 Å². The number of tetrazole rings is 1. The molecule has 4 heterocycles. The summed E-state index contributed by atoms with van der Waals surface area (Å²) < 4.78 is -0.260. The number of amides is 2. The number of nitrogens with one attached hydrogen (secondary N) is 2. The van der Waals surface area contributed by atoms with Gasteiger partial charge in [-0.15, -0.1) is 22.0 Å². The Kier molecular flexibility index (Phi) is 3.88. The minimum Gasteiger partial charge on any atom is -0.314 e. The van der Waals surface area contributed by atoms with E-state index in [0.717, 1.165) is 12.8 Å². The molecule has 4 fully saturated rings. The monoisotopic (exact) mass is 405 g/mol. The maximum atomic E-state index is 13.4. The van der Waals surface area contributed by atoms with Gasteiger partial charge in [-0.25, -0.2) is 0 Å². The Hall–Kier alpha value is -1.68. The second kappa shape index (κ2) is 5.91. The third-order valence-corrected chi connectivity index (χ3v) is 8.34. The lowest BCUT2D eigenvalue weighted by molar-refractivity contribution is -0.165. The zero-order valence-corrected chi connectivity index (χ0v) is 17.5. The molecular formula is C18H27N7O2S. The molecule has 9 nitrogen and oxygen atoms in total. The van der Waals surface area contributed by atoms with E-state index in [4.69, 9.17) is 0 Å². The molecular weight excluding hydrogens is 378 g/mol. The van der Waals surface area contributed by atoms with Crippen LogP contribution in [0.25, 0.3) is 0 Å². The van der Waals surface area contributed by atoms with Crippen LogP contribution in [-0.2, 0) is 9.59 Å². The van der Waals surface area contributed by atoms with Crippen LogP contribution in [0.3, 0.4) is 0 Å². The zero-order chi connectivity index (χ0) is 19.8. The minimum atomic E-state index is -0.536. The quantitative estimate of drug-likeness (QED) is 0.723. The van der Waals surface area contributed by atoms with Gasteiger partial charge in [0.15, 0.2) is 5.82 Å². The first kappa shape index (κ1) is 18.4. The normalized spacial score (nSPS) is 36.9. The Morgan fingerprint density at radius 3 is 2.46 bits per heavy atom. The van der Waals surface area contributed by atoms with Gasteiger partial charge in [0.2, 0.25) is 11.8 Å². The minimum absolute atomic E-state index is 0.0202. The van der Waals surface area contributed by atoms with Crippen molar-refractivity contribution in [1.29, 1.82) is 0 Å². The molecule has 3 aliphatic heterocycles. The van der Waals surface area contributed by atoms with Gasteiger partial charge < -0.3 is 9.80 Å². The highest BCUT2D eigenvalue weighted by Crippen LogP contribution is 2.58. The number of hydrogen-bond donors (Lipinski definition) is 2. The van der Waals surface area contributed by atoms with Crippen LogP contribution in [0.5, 0.6) is 0 Å². The molecule has 4 aliphatic rings. The van der Waals surface area contributed by atoms with Crippen LogP contribution in [0.2, 0.25) is 0 Å². The van der Waals surface area contributed by atoms with Gasteiger partial charge in [-0.1, -0.05) is 18.1 Å². The largest absolute Gasteiger partial charge is 0.314 e. The Labute approximate surface area is 168 Å². The van der Waals surface area contributed by atoms with Gasteiger partial charge in [-0.3, -0.25) is 14.9 Å². The molecule has 1 aliphatic carbocycles. The molecule has 5 rings (SSSR count). The number of aromatic nitrogens is 4. The van der Waals surface area contributed by atoms with E-state index >= 15 is 0 Å². The molecule has 0 spiro atoms. The van der Waals surface area contributed by atoms with E-state index in [9.17, 15) is 9.59 Å². The van der Waals surface area contributed by atoms with Crippen molar-refractivity contribution in [2.45, 2.75) is 87.3 Å². The molecule has 0 aromatic carbocycles. The van der Waals surface area contributed by atoms with Crippen LogP contribution >= 0.6 is 11.8 Å². The number of H-pyrrole nitrogens is 1. The van der Waals surface area contributed by atoms with Crippen molar-refractivity contribution >= 4 is 23.6 Å². The van der Waals surface area contributed by atoms with E-state index in [1.807, 2.05) is 23.6 Å². The number of rotatable bonds is 3. The lowest BCUT2D eigenvalue weighted by Crippen LogP contribution is -2.71. The van der Waals surface area contributed by atoms with Gasteiger partial charge in [-0.2, -0.15) is 5.21 Å². The summed E-state index contributed by atoms with van der Waals surface area (Å²) in [4.78, 5) is 30.3. The molecule has 2 N–H and O–H groups in total. The number of aromatic amines is 1. The summed E-state index contributed by atoms with van der Waals surface area (Å²) in [6.07, 6.45) is 4.55. The summed E-state index contributed by atoms with van der Waals surface area (Å²) >= 11 is 1.72. The van der Waals surface area contributed by atoms with E-state index in [1.165, 1.54) is 12.8 Å². The number of carbonyl (C=O) groups is 2. The average Bonchev–Trinajstić information content (AvgIpc) is 3.38. The number of nitrogens with zero attached hydrogens (tertiary/aromatic N) is 5. The molecule has 0 radical (unpaired) electrons. The van der Waals surface area contributed by atoms with E-state index in [0.29, 0.717) is 11.7 Å². The first-order valence-corrected chi connectivity index (χ1v) is 10.9. The molecule has 10 heteroatoms. The Balaban J connectivity index is 1.43. The lowest BCUT2D eigenvalue weighted by atomic mass is 9.93. The van der Waals surface area contributed by atoms with Crippen molar-refractivity contribution in [3.63, 3.8) is 0 Å². The smallest absolute Gasteiger partial charge is 0.250 e. The van der Waals surface area contributed by atoms with Crippen LogP contribution in [0.1, 0.15) is 65.2 Å². The summed E-state index contributed by atoms with van der Waals surface area (Å²) in [5.41, 5.74) is -0.536. The molecule has 0 bridgehead atoms. The Morgan fingerprint density at radius 1 is 1.11 bits per heavy atom. The Morgan fingerprint density at radius 2 is 1.82 bits per heavy atom. The van der Waals surface area contributed by atoms with Crippen molar-refractivity contribution in [3.05, 3.63) is 5.82 Å². The topological polar surface area (TPSA) is 107 Å². The van der Waals surface area contributed by atoms with Gasteiger partial charge in [0, 0.05) is 4.75 Å². The summed E-state index contributed by atoms with van der Waals surface area (Å²) in [6.45, 7) is 8.21. The molecule has 3 saturated heterocycles. The molecule has 3 unspecified atom stereocenters. The summed E-state index contributed by atoms with van der Waals surface area (Å²) in [6, 6.07) is -0.862. The SMILES string of the molecule is CC1(C)S[C@H]2C(N3C(=O)C(C4CCCC4)NC3(C)C)C(=O)N2C1c1nn[nH]n1. The number of carbonyl (C=O) groups excluding carboxylic acids is 2. The van der Waals surface area contributed by atoms with Crippen LogP contribution < -0.4 is 5.32 Å². The van der Waals surface area contributed by atoms with E-state index < -0.39 is 11.7 Å². The fraction of sp³-hybridized carbons (Fsp3) is 0.833. The van der Waals surface area contributed by atoms with Crippen LogP contribution in [0.15, 0.2) is 0 Å². The van der Waals surface area contributed by atoms with Crippen LogP contribution in [0, 0.1) is 5.92 Å². The molecule has 1 aromatic rings. The molecule has 152 valence electrons. The van der Waals surface area contributed by atoms with Crippen molar-refractivity contribution in [1.82, 2.24) is 35.7 Å². The highest BCUT2D eigenvalue weighted by atomic mass is 32.2. The number of thioether (sulfide) groups is 1. The second-order valence-electron chi connectivity index (χ2n) is 9.41. The Bertz CT molecular complexity index is 805. The third kappa shape index (κ3) is 2.39. The van der Waals surface area contributed by atoms with Crippen molar-refractivity contribution < 1.29 is 9.59 Å². The standard InChI is InChI=1S/C18H27N7O2S/c1-17(2)12(13-20-22-23-21-13)24-15(27)11(16(24)28-17)25-14(26)10(19-18(25,3)4)9-7-5-6-8-9/h9-12,16,19H,5-8H2,1-4H3,(H,20,21,22,23)/t10?,11?,12?,16-/m0/s1. The van der Waals surface area contributed by atoms with Crippen LogP contribution in [-0.4, -0.2) is 70.1 Å². The first-order valence-electron chi connectivity index (χ1n) is 10.1.